The smallest absolute Gasteiger partial charge is 0.333 e. The Bertz CT molecular complexity index is 287. The van der Waals surface area contributed by atoms with E-state index in [0.29, 0.717) is 5.75 Å². The Balaban J connectivity index is 2.78. The number of likely N-dealkylation sites (tertiary alicyclic amines) is 1. The lowest BCUT2D eigenvalue weighted by Crippen LogP contribution is -2.48. The Morgan fingerprint density at radius 3 is 2.88 bits per heavy atom. The predicted octanol–water partition coefficient (Wildman–Crippen LogP) is 0.944. The molecule has 0 aliphatic carbocycles. The van der Waals surface area contributed by atoms with Gasteiger partial charge in [0.25, 0.3) is 0 Å². The number of carbonyl (C=O) groups excluding carboxylic acids is 1. The molecule has 2 unspecified atom stereocenters. The number of hydrogen-bond donors (Lipinski definition) is 2. The molecule has 1 aliphatic rings. The highest BCUT2D eigenvalue weighted by Gasteiger charge is 2.38. The number of carboxylic acids is 1. The van der Waals surface area contributed by atoms with Crippen LogP contribution in [-0.4, -0.2) is 40.4 Å². The van der Waals surface area contributed by atoms with E-state index in [-0.39, 0.29) is 19.0 Å². The Hall–Kier alpha value is -0.780. The monoisotopic (exact) mass is 247 g/mol. The summed E-state index contributed by atoms with van der Waals surface area (Å²) in [6, 6.07) is -0.132. The molecule has 1 rings (SSSR count). The van der Waals surface area contributed by atoms with Gasteiger partial charge in [0, 0.05) is 18.1 Å². The minimum Gasteiger partial charge on any atom is -0.479 e. The van der Waals surface area contributed by atoms with Crippen LogP contribution in [0, 0.1) is 18.4 Å². The molecule has 0 bridgehead atoms. The molecule has 6 heteroatoms. The van der Waals surface area contributed by atoms with E-state index in [1.165, 1.54) is 6.42 Å². The van der Waals surface area contributed by atoms with Gasteiger partial charge >= 0.3 is 5.97 Å². The van der Waals surface area contributed by atoms with Crippen molar-refractivity contribution < 1.29 is 19.1 Å². The van der Waals surface area contributed by atoms with Crippen LogP contribution in [0.5, 0.6) is 0 Å². The van der Waals surface area contributed by atoms with Crippen LogP contribution in [-0.2, 0) is 9.59 Å². The van der Waals surface area contributed by atoms with Crippen LogP contribution in [0.2, 0.25) is 0 Å². The SMILES string of the molecule is CC(CS)C(=O)N1CC(F)C[CH][C]1C(=O)O. The second kappa shape index (κ2) is 5.52. The maximum absolute atomic E-state index is 13.1. The van der Waals surface area contributed by atoms with Crippen LogP contribution in [0.3, 0.4) is 0 Å². The van der Waals surface area contributed by atoms with Gasteiger partial charge in [0.05, 0.1) is 6.54 Å². The minimum absolute atomic E-state index is 0.0423. The van der Waals surface area contributed by atoms with Gasteiger partial charge < -0.3 is 10.0 Å². The third kappa shape index (κ3) is 2.87. The number of rotatable bonds is 3. The third-order valence-corrected chi connectivity index (χ3v) is 2.97. The van der Waals surface area contributed by atoms with Crippen LogP contribution in [0.4, 0.5) is 4.39 Å². The molecule has 0 saturated carbocycles. The first kappa shape index (κ1) is 13.3. The number of thiol groups is 1. The minimum atomic E-state index is -1.20. The van der Waals surface area contributed by atoms with Crippen LogP contribution in [0.1, 0.15) is 13.3 Å². The summed E-state index contributed by atoms with van der Waals surface area (Å²) in [7, 11) is 0. The van der Waals surface area contributed by atoms with Gasteiger partial charge in [0.2, 0.25) is 5.91 Å². The number of nitrogens with zero attached hydrogens (tertiary/aromatic N) is 1. The zero-order valence-corrected chi connectivity index (χ0v) is 9.78. The second-order valence-corrected chi connectivity index (χ2v) is 4.13. The summed E-state index contributed by atoms with van der Waals surface area (Å²) in [4.78, 5) is 23.7. The highest BCUT2D eigenvalue weighted by molar-refractivity contribution is 7.80. The van der Waals surface area contributed by atoms with Crippen LogP contribution in [0.15, 0.2) is 0 Å². The fourth-order valence-electron chi connectivity index (χ4n) is 1.48. The Kier molecular flexibility index (Phi) is 4.58. The van der Waals surface area contributed by atoms with Crippen molar-refractivity contribution in [1.29, 1.82) is 0 Å². The molecule has 16 heavy (non-hydrogen) atoms. The van der Waals surface area contributed by atoms with E-state index >= 15 is 0 Å². The maximum Gasteiger partial charge on any atom is 0.333 e. The standard InChI is InChI=1S/C10H14FNO3S/c1-6(5-16)9(13)12-4-7(11)2-3-8(12)10(14)15/h3,6-7,16H,2,4-5H2,1H3,(H,14,15). The summed E-state index contributed by atoms with van der Waals surface area (Å²) in [5, 5.41) is 8.89. The first-order valence-corrected chi connectivity index (χ1v) is 5.60. The van der Waals surface area contributed by atoms with E-state index in [9.17, 15) is 14.0 Å². The fourth-order valence-corrected chi connectivity index (χ4v) is 1.63. The second-order valence-electron chi connectivity index (χ2n) is 3.76. The van der Waals surface area contributed by atoms with E-state index < -0.39 is 24.0 Å². The van der Waals surface area contributed by atoms with E-state index in [4.69, 9.17) is 5.11 Å². The molecule has 2 atom stereocenters. The molecule has 1 N–H and O–H groups in total. The summed E-state index contributed by atoms with van der Waals surface area (Å²) in [6.07, 6.45) is 0.0968. The zero-order valence-electron chi connectivity index (χ0n) is 8.89. The molecular weight excluding hydrogens is 233 g/mol. The molecular formula is C10H14FNO3S. The van der Waals surface area contributed by atoms with E-state index in [1.54, 1.807) is 6.92 Å². The van der Waals surface area contributed by atoms with Crippen molar-refractivity contribution in [2.45, 2.75) is 19.5 Å². The maximum atomic E-state index is 13.1. The fraction of sp³-hybridized carbons (Fsp3) is 0.600. The van der Waals surface area contributed by atoms with Gasteiger partial charge in [0.15, 0.2) is 6.04 Å². The summed E-state index contributed by atoms with van der Waals surface area (Å²) < 4.78 is 13.1. The number of hydrogen-bond acceptors (Lipinski definition) is 3. The summed E-state index contributed by atoms with van der Waals surface area (Å²) in [5.41, 5.74) is 0. The molecule has 0 aromatic carbocycles. The predicted molar refractivity (Wildman–Crippen MR) is 59.4 cm³/mol. The van der Waals surface area contributed by atoms with Crippen LogP contribution >= 0.6 is 12.6 Å². The average molecular weight is 247 g/mol. The number of carbonyl (C=O) groups is 2. The molecule has 4 nitrogen and oxygen atoms in total. The van der Waals surface area contributed by atoms with E-state index in [0.717, 1.165) is 4.90 Å². The molecule has 0 aromatic heterocycles. The summed E-state index contributed by atoms with van der Waals surface area (Å²) in [6.45, 7) is 1.45. The van der Waals surface area contributed by atoms with Crippen molar-refractivity contribution in [3.05, 3.63) is 12.5 Å². The molecule has 0 aromatic rings. The Labute approximate surface area is 99.2 Å². The lowest BCUT2D eigenvalue weighted by molar-refractivity contribution is -0.145. The first-order chi connectivity index (χ1) is 7.47. The van der Waals surface area contributed by atoms with Gasteiger partial charge in [-0.3, -0.25) is 4.79 Å². The molecule has 1 fully saturated rings. The van der Waals surface area contributed by atoms with Crippen LogP contribution < -0.4 is 0 Å². The van der Waals surface area contributed by atoms with Crippen molar-refractivity contribution in [2.75, 3.05) is 12.3 Å². The molecule has 2 radical (unpaired) electrons. The van der Waals surface area contributed by atoms with Gasteiger partial charge in [-0.1, -0.05) is 6.92 Å². The quantitative estimate of drug-likeness (QED) is 0.730. The van der Waals surface area contributed by atoms with Gasteiger partial charge in [-0.15, -0.1) is 0 Å². The van der Waals surface area contributed by atoms with E-state index in [1.807, 2.05) is 0 Å². The topological polar surface area (TPSA) is 57.6 Å². The highest BCUT2D eigenvalue weighted by atomic mass is 32.1. The number of carboxylic acid groups (broad SMARTS) is 1. The van der Waals surface area contributed by atoms with Crippen LogP contribution in [0.25, 0.3) is 0 Å². The number of piperidine rings is 1. The van der Waals surface area contributed by atoms with Crippen molar-refractivity contribution in [2.24, 2.45) is 5.92 Å². The Morgan fingerprint density at radius 1 is 1.75 bits per heavy atom. The van der Waals surface area contributed by atoms with E-state index in [2.05, 4.69) is 12.6 Å². The molecule has 1 heterocycles. The molecule has 1 amide bonds. The summed E-state index contributed by atoms with van der Waals surface area (Å²) >= 11 is 3.97. The van der Waals surface area contributed by atoms with Gasteiger partial charge in [-0.2, -0.15) is 12.6 Å². The molecule has 1 aliphatic heterocycles. The zero-order chi connectivity index (χ0) is 12.3. The normalized spacial score (nSPS) is 24.2. The highest BCUT2D eigenvalue weighted by Crippen LogP contribution is 2.26. The number of halogens is 1. The van der Waals surface area contributed by atoms with Crippen molar-refractivity contribution in [1.82, 2.24) is 4.90 Å². The average Bonchev–Trinajstić information content (AvgIpc) is 2.26. The van der Waals surface area contributed by atoms with Crippen molar-refractivity contribution >= 4 is 24.5 Å². The molecule has 1 saturated heterocycles. The van der Waals surface area contributed by atoms with Gasteiger partial charge in [-0.05, 0) is 6.42 Å². The largest absolute Gasteiger partial charge is 0.479 e. The van der Waals surface area contributed by atoms with Crippen molar-refractivity contribution in [3.63, 3.8) is 0 Å². The molecule has 0 spiro atoms. The Morgan fingerprint density at radius 2 is 2.38 bits per heavy atom. The van der Waals surface area contributed by atoms with Gasteiger partial charge in [-0.25, -0.2) is 9.18 Å². The first-order valence-electron chi connectivity index (χ1n) is 4.97. The third-order valence-electron chi connectivity index (χ3n) is 2.42. The number of amides is 1. The lowest BCUT2D eigenvalue weighted by atomic mass is 9.99. The van der Waals surface area contributed by atoms with Gasteiger partial charge in [0.1, 0.15) is 6.17 Å². The number of alkyl halides is 1. The molecule has 90 valence electrons. The van der Waals surface area contributed by atoms with Crippen molar-refractivity contribution in [3.8, 4) is 0 Å². The lowest BCUT2D eigenvalue weighted by Gasteiger charge is -2.34. The summed E-state index contributed by atoms with van der Waals surface area (Å²) in [5.74, 6) is -1.71. The number of aliphatic carboxylic acids is 1.